The molecule has 0 unspecified atom stereocenters. The molecule has 0 aliphatic carbocycles. The highest BCUT2D eigenvalue weighted by atomic mass is 35.5. The van der Waals surface area contributed by atoms with Crippen LogP contribution in [0.5, 0.6) is 5.75 Å². The first-order valence-corrected chi connectivity index (χ1v) is 10.5. The summed E-state index contributed by atoms with van der Waals surface area (Å²) >= 11 is 13.3. The molecule has 8 nitrogen and oxygen atoms in total. The smallest absolute Gasteiger partial charge is 0.270 e. The van der Waals surface area contributed by atoms with E-state index < -0.39 is 4.92 Å². The number of ketones is 1. The maximum Gasteiger partial charge on any atom is 0.270 e. The number of carbonyl (C=O) groups excluding carboxylic acids is 1. The zero-order valence-corrected chi connectivity index (χ0v) is 18.3. The second kappa shape index (κ2) is 9.46. The van der Waals surface area contributed by atoms with Gasteiger partial charge in [-0.15, -0.1) is 10.2 Å². The molecule has 0 saturated heterocycles. The molecule has 3 aromatic rings. The Balaban J connectivity index is 1.86. The second-order valence-electron chi connectivity index (χ2n) is 6.03. The average molecular weight is 467 g/mol. The van der Waals surface area contributed by atoms with Crippen molar-refractivity contribution in [2.24, 2.45) is 0 Å². The zero-order valence-electron chi connectivity index (χ0n) is 16.0. The van der Waals surface area contributed by atoms with Crippen LogP contribution in [0.3, 0.4) is 0 Å². The summed E-state index contributed by atoms with van der Waals surface area (Å²) in [6.45, 7) is 2.47. The van der Waals surface area contributed by atoms with Crippen LogP contribution >= 0.6 is 35.0 Å². The van der Waals surface area contributed by atoms with Crippen molar-refractivity contribution in [1.29, 1.82) is 0 Å². The normalized spacial score (nSPS) is 10.8. The van der Waals surface area contributed by atoms with E-state index in [-0.39, 0.29) is 27.8 Å². The van der Waals surface area contributed by atoms with Crippen molar-refractivity contribution in [1.82, 2.24) is 14.8 Å². The van der Waals surface area contributed by atoms with Crippen molar-refractivity contribution >= 4 is 46.4 Å². The molecular formula is C19H16Cl2N4O4S. The second-order valence-corrected chi connectivity index (χ2v) is 7.81. The van der Waals surface area contributed by atoms with E-state index in [1.165, 1.54) is 30.0 Å². The van der Waals surface area contributed by atoms with E-state index in [1.54, 1.807) is 25.3 Å². The number of nitro groups is 1. The van der Waals surface area contributed by atoms with Gasteiger partial charge in [-0.25, -0.2) is 0 Å². The Bertz CT molecular complexity index is 1120. The minimum absolute atomic E-state index is 0.00823. The van der Waals surface area contributed by atoms with Gasteiger partial charge in [-0.3, -0.25) is 14.9 Å². The maximum absolute atomic E-state index is 12.6. The van der Waals surface area contributed by atoms with E-state index >= 15 is 0 Å². The third-order valence-electron chi connectivity index (χ3n) is 4.23. The predicted octanol–water partition coefficient (Wildman–Crippen LogP) is 5.16. The van der Waals surface area contributed by atoms with Crippen LogP contribution in [0.25, 0.3) is 11.4 Å². The van der Waals surface area contributed by atoms with Crippen molar-refractivity contribution in [2.45, 2.75) is 18.6 Å². The number of benzene rings is 2. The molecule has 11 heteroatoms. The Morgan fingerprint density at radius 1 is 1.23 bits per heavy atom. The number of hydrogen-bond acceptors (Lipinski definition) is 7. The summed E-state index contributed by atoms with van der Waals surface area (Å²) in [6, 6.07) is 8.97. The molecule has 0 atom stereocenters. The minimum atomic E-state index is -0.571. The molecule has 0 spiro atoms. The fourth-order valence-electron chi connectivity index (χ4n) is 2.78. The number of ether oxygens (including phenoxy) is 1. The van der Waals surface area contributed by atoms with Gasteiger partial charge < -0.3 is 9.30 Å². The Morgan fingerprint density at radius 2 is 2.00 bits per heavy atom. The first-order valence-electron chi connectivity index (χ1n) is 8.72. The number of rotatable bonds is 8. The molecule has 1 aromatic heterocycles. The number of nitro benzene ring substituents is 1. The molecule has 30 heavy (non-hydrogen) atoms. The Labute approximate surface area is 186 Å². The molecule has 0 aliphatic heterocycles. The third kappa shape index (κ3) is 4.58. The third-order valence-corrected chi connectivity index (χ3v) is 5.76. The number of thioether (sulfide) groups is 1. The molecule has 0 radical (unpaired) electrons. The van der Waals surface area contributed by atoms with Gasteiger partial charge in [0, 0.05) is 29.3 Å². The summed E-state index contributed by atoms with van der Waals surface area (Å²) in [6.07, 6.45) is 0. The van der Waals surface area contributed by atoms with E-state index in [4.69, 9.17) is 27.9 Å². The van der Waals surface area contributed by atoms with Gasteiger partial charge in [0.1, 0.15) is 5.75 Å². The Hall–Kier alpha value is -2.62. The van der Waals surface area contributed by atoms with Crippen LogP contribution in [0.2, 0.25) is 10.0 Å². The quantitative estimate of drug-likeness (QED) is 0.195. The van der Waals surface area contributed by atoms with Crippen LogP contribution in [0, 0.1) is 10.1 Å². The average Bonchev–Trinajstić information content (AvgIpc) is 3.14. The molecule has 2 aromatic carbocycles. The molecule has 0 fully saturated rings. The van der Waals surface area contributed by atoms with Crippen molar-refractivity contribution < 1.29 is 14.5 Å². The lowest BCUT2D eigenvalue weighted by molar-refractivity contribution is -0.384. The van der Waals surface area contributed by atoms with E-state index in [0.717, 1.165) is 0 Å². The van der Waals surface area contributed by atoms with E-state index in [0.29, 0.717) is 33.9 Å². The number of aromatic nitrogens is 3. The van der Waals surface area contributed by atoms with Gasteiger partial charge in [0.2, 0.25) is 0 Å². The first-order chi connectivity index (χ1) is 14.3. The largest absolute Gasteiger partial charge is 0.496 e. The standard InChI is InChI=1S/C19H16Cl2N4O4S/c1-3-24-18(14-8-11(20)4-7-17(14)29-2)22-23-19(24)30-10-16(26)13-9-12(25(27)28)5-6-15(13)21/h4-9H,3,10H2,1-2H3. The Kier molecular flexibility index (Phi) is 6.96. The van der Waals surface area contributed by atoms with Gasteiger partial charge in [-0.05, 0) is 31.2 Å². The van der Waals surface area contributed by atoms with Gasteiger partial charge >= 0.3 is 0 Å². The number of methoxy groups -OCH3 is 1. The summed E-state index contributed by atoms with van der Waals surface area (Å²) in [5, 5.41) is 20.6. The van der Waals surface area contributed by atoms with Crippen molar-refractivity contribution in [2.75, 3.05) is 12.9 Å². The predicted molar refractivity (Wildman–Crippen MR) is 116 cm³/mol. The summed E-state index contributed by atoms with van der Waals surface area (Å²) in [5.41, 5.74) is 0.580. The summed E-state index contributed by atoms with van der Waals surface area (Å²) < 4.78 is 7.23. The summed E-state index contributed by atoms with van der Waals surface area (Å²) in [5.74, 6) is 0.796. The summed E-state index contributed by atoms with van der Waals surface area (Å²) in [7, 11) is 1.55. The molecular weight excluding hydrogens is 451 g/mol. The van der Waals surface area contributed by atoms with Crippen molar-refractivity contribution in [3.63, 3.8) is 0 Å². The SMILES string of the molecule is CCn1c(SCC(=O)c2cc([N+](=O)[O-])ccc2Cl)nnc1-c1cc(Cl)ccc1OC. The van der Waals surface area contributed by atoms with Crippen LogP contribution in [-0.4, -0.2) is 38.3 Å². The molecule has 0 N–H and O–H groups in total. The molecule has 0 saturated carbocycles. The topological polar surface area (TPSA) is 100 Å². The molecule has 0 amide bonds. The molecule has 156 valence electrons. The number of carbonyl (C=O) groups is 1. The minimum Gasteiger partial charge on any atom is -0.496 e. The van der Waals surface area contributed by atoms with E-state index in [1.807, 2.05) is 11.5 Å². The van der Waals surface area contributed by atoms with Crippen LogP contribution in [0.15, 0.2) is 41.6 Å². The maximum atomic E-state index is 12.6. The van der Waals surface area contributed by atoms with Crippen LogP contribution < -0.4 is 4.74 Å². The van der Waals surface area contributed by atoms with E-state index in [2.05, 4.69) is 10.2 Å². The van der Waals surface area contributed by atoms with Gasteiger partial charge in [0.25, 0.3) is 5.69 Å². The number of nitrogens with zero attached hydrogens (tertiary/aromatic N) is 4. The Morgan fingerprint density at radius 3 is 2.67 bits per heavy atom. The zero-order chi connectivity index (χ0) is 21.8. The highest BCUT2D eigenvalue weighted by Crippen LogP contribution is 2.33. The van der Waals surface area contributed by atoms with Crippen molar-refractivity contribution in [3.05, 3.63) is 62.1 Å². The lowest BCUT2D eigenvalue weighted by Crippen LogP contribution is -2.06. The van der Waals surface area contributed by atoms with Crippen LogP contribution in [-0.2, 0) is 6.54 Å². The fourth-order valence-corrected chi connectivity index (χ4v) is 4.06. The number of non-ortho nitro benzene ring substituents is 1. The van der Waals surface area contributed by atoms with Crippen molar-refractivity contribution in [3.8, 4) is 17.1 Å². The highest BCUT2D eigenvalue weighted by Gasteiger charge is 2.20. The number of halogens is 2. The lowest BCUT2D eigenvalue weighted by atomic mass is 10.1. The molecule has 3 rings (SSSR count). The molecule has 0 bridgehead atoms. The summed E-state index contributed by atoms with van der Waals surface area (Å²) in [4.78, 5) is 23.0. The van der Waals surface area contributed by atoms with Gasteiger partial charge in [-0.1, -0.05) is 35.0 Å². The lowest BCUT2D eigenvalue weighted by Gasteiger charge is -2.11. The molecule has 1 heterocycles. The van der Waals surface area contributed by atoms with Gasteiger partial charge in [-0.2, -0.15) is 0 Å². The molecule has 0 aliphatic rings. The number of hydrogen-bond donors (Lipinski definition) is 0. The first kappa shape index (κ1) is 22.1. The van der Waals surface area contributed by atoms with E-state index in [9.17, 15) is 14.9 Å². The fraction of sp³-hybridized carbons (Fsp3) is 0.211. The van der Waals surface area contributed by atoms with Gasteiger partial charge in [0.05, 0.1) is 28.4 Å². The highest BCUT2D eigenvalue weighted by molar-refractivity contribution is 7.99. The van der Waals surface area contributed by atoms with Crippen LogP contribution in [0.1, 0.15) is 17.3 Å². The number of Topliss-reactive ketones (excluding diaryl/α,β-unsaturated/α-hetero) is 1. The van der Waals surface area contributed by atoms with Gasteiger partial charge in [0.15, 0.2) is 16.8 Å². The van der Waals surface area contributed by atoms with Crippen LogP contribution in [0.4, 0.5) is 5.69 Å². The monoisotopic (exact) mass is 466 g/mol.